The predicted molar refractivity (Wildman–Crippen MR) is 163 cm³/mol. The van der Waals surface area contributed by atoms with Crippen LogP contribution in [0.1, 0.15) is 152 Å². The summed E-state index contributed by atoms with van der Waals surface area (Å²) in [5.41, 5.74) is 1.67. The molecule has 0 radical (unpaired) electrons. The maximum absolute atomic E-state index is 14.9. The second-order valence-electron chi connectivity index (χ2n) is 11.9. The average molecular weight is 553 g/mol. The third-order valence-electron chi connectivity index (χ3n) is 8.50. The van der Waals surface area contributed by atoms with E-state index >= 15 is 0 Å². The summed E-state index contributed by atoms with van der Waals surface area (Å²) in [5, 5.41) is 0. The molecule has 222 valence electrons. The lowest BCUT2D eigenvalue weighted by atomic mass is 9.84. The van der Waals surface area contributed by atoms with Crippen LogP contribution in [0.15, 0.2) is 30.6 Å². The number of carbonyl (C=O) groups excluding carboxylic acids is 1. The first-order valence-corrected chi connectivity index (χ1v) is 16.4. The zero-order chi connectivity index (χ0) is 28.4. The van der Waals surface area contributed by atoms with Crippen LogP contribution in [0.25, 0.3) is 11.4 Å². The molecule has 1 aromatic carbocycles. The minimum atomic E-state index is -0.578. The number of aryl methyl sites for hydroxylation is 1. The highest BCUT2D eigenvalue weighted by molar-refractivity contribution is 5.90. The Labute approximate surface area is 242 Å². The van der Waals surface area contributed by atoms with Crippen molar-refractivity contribution in [2.45, 2.75) is 148 Å². The highest BCUT2D eigenvalue weighted by atomic mass is 19.1. The number of hydrogen-bond acceptors (Lipinski definition) is 4. The van der Waals surface area contributed by atoms with Crippen LogP contribution in [0, 0.1) is 11.7 Å². The van der Waals surface area contributed by atoms with E-state index in [0.717, 1.165) is 50.0 Å². The lowest BCUT2D eigenvalue weighted by molar-refractivity contribution is 0.0156. The fraction of sp³-hybridized carbons (Fsp3) is 0.686. The van der Waals surface area contributed by atoms with Gasteiger partial charge in [-0.2, -0.15) is 0 Å². The Balaban J connectivity index is 1.37. The van der Waals surface area contributed by atoms with Gasteiger partial charge < -0.3 is 4.74 Å². The fourth-order valence-corrected chi connectivity index (χ4v) is 5.88. The van der Waals surface area contributed by atoms with Crippen molar-refractivity contribution >= 4 is 5.97 Å². The molecule has 4 nitrogen and oxygen atoms in total. The van der Waals surface area contributed by atoms with E-state index in [-0.39, 0.29) is 11.7 Å². The van der Waals surface area contributed by atoms with Crippen LogP contribution in [0.2, 0.25) is 0 Å². The van der Waals surface area contributed by atoms with Crippen molar-refractivity contribution in [2.75, 3.05) is 0 Å². The number of aromatic nitrogens is 2. The van der Waals surface area contributed by atoms with Crippen LogP contribution in [-0.2, 0) is 11.2 Å². The van der Waals surface area contributed by atoms with Gasteiger partial charge in [-0.1, -0.05) is 110 Å². The molecule has 5 heteroatoms. The lowest BCUT2D eigenvalue weighted by Gasteiger charge is -2.28. The predicted octanol–water partition coefficient (Wildman–Crippen LogP) is 10.4. The molecule has 0 amide bonds. The Hall–Kier alpha value is -2.30. The van der Waals surface area contributed by atoms with Gasteiger partial charge in [0.05, 0.1) is 5.56 Å². The van der Waals surface area contributed by atoms with Crippen molar-refractivity contribution in [3.05, 3.63) is 47.5 Å². The molecule has 0 unspecified atom stereocenters. The molecule has 0 spiro atoms. The van der Waals surface area contributed by atoms with E-state index in [9.17, 15) is 9.18 Å². The second-order valence-corrected chi connectivity index (χ2v) is 11.9. The summed E-state index contributed by atoms with van der Waals surface area (Å²) in [4.78, 5) is 21.6. The van der Waals surface area contributed by atoms with Gasteiger partial charge in [0.2, 0.25) is 0 Å². The van der Waals surface area contributed by atoms with Crippen LogP contribution in [0.5, 0.6) is 0 Å². The number of benzene rings is 1. The SMILES string of the molecule is CCCCCCCCCCc1cnc(-c2ccc(C(=O)OC3CCC(CCCCCCCC)CC3)c(F)c2)nc1. The Kier molecular flexibility index (Phi) is 15.3. The summed E-state index contributed by atoms with van der Waals surface area (Å²) < 4.78 is 20.6. The van der Waals surface area contributed by atoms with Gasteiger partial charge >= 0.3 is 5.97 Å². The van der Waals surface area contributed by atoms with Crippen molar-refractivity contribution in [2.24, 2.45) is 5.92 Å². The minimum absolute atomic E-state index is 0.00994. The highest BCUT2D eigenvalue weighted by Gasteiger charge is 2.25. The van der Waals surface area contributed by atoms with Crippen LogP contribution < -0.4 is 0 Å². The van der Waals surface area contributed by atoms with Crippen LogP contribution >= 0.6 is 0 Å². The molecule has 0 atom stereocenters. The van der Waals surface area contributed by atoms with Gasteiger partial charge in [0.15, 0.2) is 5.82 Å². The molecule has 0 saturated heterocycles. The van der Waals surface area contributed by atoms with Gasteiger partial charge in [-0.3, -0.25) is 0 Å². The summed E-state index contributed by atoms with van der Waals surface area (Å²) in [7, 11) is 0. The van der Waals surface area contributed by atoms with E-state index in [4.69, 9.17) is 4.74 Å². The summed E-state index contributed by atoms with van der Waals surface area (Å²) in [5.74, 6) is 0.0713. The zero-order valence-electron chi connectivity index (χ0n) is 25.3. The number of rotatable bonds is 19. The van der Waals surface area contributed by atoms with Crippen LogP contribution in [0.4, 0.5) is 4.39 Å². The van der Waals surface area contributed by atoms with E-state index in [1.807, 2.05) is 12.4 Å². The highest BCUT2D eigenvalue weighted by Crippen LogP contribution is 2.31. The molecule has 1 aliphatic carbocycles. The van der Waals surface area contributed by atoms with Crippen LogP contribution in [0.3, 0.4) is 0 Å². The van der Waals surface area contributed by atoms with Gasteiger partial charge in [0.25, 0.3) is 0 Å². The van der Waals surface area contributed by atoms with Gasteiger partial charge in [-0.05, 0) is 62.1 Å². The molecular weight excluding hydrogens is 499 g/mol. The van der Waals surface area contributed by atoms with E-state index in [1.165, 1.54) is 102 Å². The topological polar surface area (TPSA) is 52.1 Å². The Morgan fingerprint density at radius 1 is 0.800 bits per heavy atom. The van der Waals surface area contributed by atoms with Gasteiger partial charge in [0.1, 0.15) is 11.9 Å². The number of carbonyl (C=O) groups is 1. The van der Waals surface area contributed by atoms with Crippen molar-refractivity contribution in [3.63, 3.8) is 0 Å². The van der Waals surface area contributed by atoms with Crippen molar-refractivity contribution in [1.29, 1.82) is 0 Å². The van der Waals surface area contributed by atoms with Gasteiger partial charge in [0, 0.05) is 18.0 Å². The molecule has 0 bridgehead atoms. The summed E-state index contributed by atoms with van der Waals surface area (Å²) in [6, 6.07) is 4.57. The Morgan fingerprint density at radius 2 is 1.38 bits per heavy atom. The van der Waals surface area contributed by atoms with Gasteiger partial charge in [-0.15, -0.1) is 0 Å². The fourth-order valence-electron chi connectivity index (χ4n) is 5.88. The average Bonchev–Trinajstić information content (AvgIpc) is 2.97. The Morgan fingerprint density at radius 3 is 1.98 bits per heavy atom. The minimum Gasteiger partial charge on any atom is -0.459 e. The molecule has 3 rings (SSSR count). The molecule has 0 aliphatic heterocycles. The maximum Gasteiger partial charge on any atom is 0.341 e. The monoisotopic (exact) mass is 552 g/mol. The first-order chi connectivity index (χ1) is 19.6. The summed E-state index contributed by atoms with van der Waals surface area (Å²) >= 11 is 0. The first kappa shape index (κ1) is 32.2. The number of nitrogens with zero attached hydrogens (tertiary/aromatic N) is 2. The molecule has 1 fully saturated rings. The van der Waals surface area contributed by atoms with Crippen molar-refractivity contribution in [3.8, 4) is 11.4 Å². The Bertz CT molecular complexity index is 970. The van der Waals surface area contributed by atoms with Crippen LogP contribution in [-0.4, -0.2) is 22.0 Å². The summed E-state index contributed by atoms with van der Waals surface area (Å²) in [6.07, 6.45) is 28.1. The van der Waals surface area contributed by atoms with E-state index in [1.54, 1.807) is 6.07 Å². The molecular formula is C35H53FN2O2. The molecule has 0 N–H and O–H groups in total. The second kappa shape index (κ2) is 18.9. The number of halogens is 1. The quantitative estimate of drug-likeness (QED) is 0.128. The third-order valence-corrected chi connectivity index (χ3v) is 8.50. The number of esters is 1. The first-order valence-electron chi connectivity index (χ1n) is 16.4. The third kappa shape index (κ3) is 11.7. The lowest BCUT2D eigenvalue weighted by Crippen LogP contribution is -2.25. The smallest absolute Gasteiger partial charge is 0.341 e. The number of hydrogen-bond donors (Lipinski definition) is 0. The van der Waals surface area contributed by atoms with E-state index in [0.29, 0.717) is 11.4 Å². The van der Waals surface area contributed by atoms with Crippen molar-refractivity contribution in [1.82, 2.24) is 9.97 Å². The van der Waals surface area contributed by atoms with E-state index < -0.39 is 11.8 Å². The number of ether oxygens (including phenoxy) is 1. The largest absolute Gasteiger partial charge is 0.459 e. The summed E-state index contributed by atoms with van der Waals surface area (Å²) in [6.45, 7) is 4.50. The molecule has 1 aromatic heterocycles. The zero-order valence-corrected chi connectivity index (χ0v) is 25.3. The standard InChI is InChI=1S/C35H53FN2O2/c1-3-5-7-9-11-12-14-16-18-29-26-37-34(38-27-29)30-21-24-32(33(36)25-30)35(39)40-31-22-19-28(20-23-31)17-15-13-10-8-6-4-2/h21,24-28,31H,3-20,22-23H2,1-2H3. The van der Waals surface area contributed by atoms with E-state index in [2.05, 4.69) is 23.8 Å². The van der Waals surface area contributed by atoms with Crippen molar-refractivity contribution < 1.29 is 13.9 Å². The molecule has 1 heterocycles. The maximum atomic E-state index is 14.9. The normalized spacial score (nSPS) is 17.2. The number of unbranched alkanes of at least 4 members (excludes halogenated alkanes) is 12. The molecule has 1 saturated carbocycles. The molecule has 40 heavy (non-hydrogen) atoms. The molecule has 2 aromatic rings. The molecule has 1 aliphatic rings. The van der Waals surface area contributed by atoms with Gasteiger partial charge in [-0.25, -0.2) is 19.2 Å².